The van der Waals surface area contributed by atoms with E-state index in [-0.39, 0.29) is 17.7 Å². The molecule has 2 saturated heterocycles. The number of amides is 2. The minimum Gasteiger partial charge on any atom is -0.340 e. The molecule has 1 aromatic rings. The van der Waals surface area contributed by atoms with Gasteiger partial charge in [0.1, 0.15) is 0 Å². The smallest absolute Gasteiger partial charge is 0.228 e. The molecule has 0 aromatic heterocycles. The van der Waals surface area contributed by atoms with Crippen LogP contribution in [0.15, 0.2) is 24.3 Å². The number of carbonyl (C=O) groups is 2. The minimum absolute atomic E-state index is 0.0422. The van der Waals surface area contributed by atoms with E-state index in [1.54, 1.807) is 0 Å². The van der Waals surface area contributed by atoms with Gasteiger partial charge in [-0.25, -0.2) is 0 Å². The zero-order valence-electron chi connectivity index (χ0n) is 14.3. The maximum absolute atomic E-state index is 12.4. The number of nitrogens with one attached hydrogen (secondary N) is 2. The molecule has 6 nitrogen and oxygen atoms in total. The van der Waals surface area contributed by atoms with Crippen molar-refractivity contribution in [3.8, 4) is 0 Å². The summed E-state index contributed by atoms with van der Waals surface area (Å²) in [7, 11) is 2.08. The van der Waals surface area contributed by atoms with Gasteiger partial charge in [-0.3, -0.25) is 9.59 Å². The second kappa shape index (κ2) is 7.77. The van der Waals surface area contributed by atoms with E-state index in [9.17, 15) is 9.59 Å². The molecule has 2 fully saturated rings. The molecule has 2 amide bonds. The quantitative estimate of drug-likeness (QED) is 0.846. The van der Waals surface area contributed by atoms with Crippen LogP contribution in [0.5, 0.6) is 0 Å². The number of rotatable bonds is 4. The zero-order valence-corrected chi connectivity index (χ0v) is 14.3. The van der Waals surface area contributed by atoms with Crippen LogP contribution in [-0.4, -0.2) is 67.9 Å². The molecule has 0 aliphatic carbocycles. The summed E-state index contributed by atoms with van der Waals surface area (Å²) >= 11 is 0. The molecule has 1 atom stereocenters. The summed E-state index contributed by atoms with van der Waals surface area (Å²) in [6.45, 7) is 5.08. The number of hydrogen-bond donors (Lipinski definition) is 2. The van der Waals surface area contributed by atoms with Gasteiger partial charge in [-0.15, -0.1) is 0 Å². The van der Waals surface area contributed by atoms with Crippen molar-refractivity contribution in [2.45, 2.75) is 12.8 Å². The summed E-state index contributed by atoms with van der Waals surface area (Å²) in [5.74, 6) is 0.259. The van der Waals surface area contributed by atoms with Crippen molar-refractivity contribution >= 4 is 17.5 Å². The Labute approximate surface area is 143 Å². The number of carbonyl (C=O) groups excluding carboxylic acids is 2. The summed E-state index contributed by atoms with van der Waals surface area (Å²) in [5, 5.41) is 6.17. The standard InChI is InChI=1S/C18H26N4O2/c1-21-7-9-22(10-8-21)17(23)12-14-3-2-4-16(11-14)20-18(24)15-5-6-19-13-15/h2-4,11,15,19H,5-10,12-13H2,1H3,(H,20,24). The van der Waals surface area contributed by atoms with Crippen LogP contribution in [0.4, 0.5) is 5.69 Å². The third kappa shape index (κ3) is 4.33. The van der Waals surface area contributed by atoms with Crippen molar-refractivity contribution in [2.75, 3.05) is 51.6 Å². The molecule has 2 heterocycles. The van der Waals surface area contributed by atoms with Crippen molar-refractivity contribution < 1.29 is 9.59 Å². The Bertz CT molecular complexity index is 590. The first-order valence-corrected chi connectivity index (χ1v) is 8.68. The Morgan fingerprint density at radius 1 is 1.25 bits per heavy atom. The molecule has 3 rings (SSSR count). The summed E-state index contributed by atoms with van der Waals surface area (Å²) in [6, 6.07) is 7.63. The average molecular weight is 330 g/mol. The van der Waals surface area contributed by atoms with E-state index in [2.05, 4.69) is 22.6 Å². The summed E-state index contributed by atoms with van der Waals surface area (Å²) < 4.78 is 0. The van der Waals surface area contributed by atoms with Crippen LogP contribution in [0.3, 0.4) is 0 Å². The lowest BCUT2D eigenvalue weighted by atomic mass is 10.1. The molecule has 24 heavy (non-hydrogen) atoms. The Morgan fingerprint density at radius 2 is 2.04 bits per heavy atom. The zero-order chi connectivity index (χ0) is 16.9. The fourth-order valence-corrected chi connectivity index (χ4v) is 3.22. The Hall–Kier alpha value is -1.92. The number of likely N-dealkylation sites (N-methyl/N-ethyl adjacent to an activating group) is 1. The third-order valence-corrected chi connectivity index (χ3v) is 4.84. The summed E-state index contributed by atoms with van der Waals surface area (Å²) in [6.07, 6.45) is 1.27. The van der Waals surface area contributed by atoms with Gasteiger partial charge in [0.15, 0.2) is 0 Å². The van der Waals surface area contributed by atoms with Gasteiger partial charge >= 0.3 is 0 Å². The minimum atomic E-state index is 0.0422. The predicted octanol–water partition coefficient (Wildman–Crippen LogP) is 0.551. The van der Waals surface area contributed by atoms with E-state index in [0.717, 1.165) is 56.9 Å². The molecule has 0 spiro atoms. The molecule has 2 aliphatic heterocycles. The Morgan fingerprint density at radius 3 is 2.75 bits per heavy atom. The first-order valence-electron chi connectivity index (χ1n) is 8.68. The maximum Gasteiger partial charge on any atom is 0.228 e. The van der Waals surface area contributed by atoms with Crippen LogP contribution in [0, 0.1) is 5.92 Å². The first-order chi connectivity index (χ1) is 11.6. The van der Waals surface area contributed by atoms with E-state index in [0.29, 0.717) is 6.42 Å². The van der Waals surface area contributed by atoms with E-state index in [1.807, 2.05) is 29.2 Å². The monoisotopic (exact) mass is 330 g/mol. The highest BCUT2D eigenvalue weighted by atomic mass is 16.2. The van der Waals surface area contributed by atoms with Gasteiger partial charge in [-0.2, -0.15) is 0 Å². The van der Waals surface area contributed by atoms with Crippen molar-refractivity contribution in [1.29, 1.82) is 0 Å². The van der Waals surface area contributed by atoms with Crippen LogP contribution in [-0.2, 0) is 16.0 Å². The van der Waals surface area contributed by atoms with Gasteiger partial charge in [-0.05, 0) is 37.7 Å². The van der Waals surface area contributed by atoms with Gasteiger partial charge < -0.3 is 20.4 Å². The highest BCUT2D eigenvalue weighted by Crippen LogP contribution is 2.16. The second-order valence-corrected chi connectivity index (χ2v) is 6.74. The Kier molecular flexibility index (Phi) is 5.48. The highest BCUT2D eigenvalue weighted by Gasteiger charge is 2.23. The van der Waals surface area contributed by atoms with Crippen molar-refractivity contribution in [2.24, 2.45) is 5.92 Å². The number of hydrogen-bond acceptors (Lipinski definition) is 4. The van der Waals surface area contributed by atoms with Crippen LogP contribution in [0.1, 0.15) is 12.0 Å². The molecule has 2 aliphatic rings. The van der Waals surface area contributed by atoms with Crippen LogP contribution >= 0.6 is 0 Å². The molecule has 1 unspecified atom stereocenters. The lowest BCUT2D eigenvalue weighted by Crippen LogP contribution is -2.47. The topological polar surface area (TPSA) is 64.7 Å². The third-order valence-electron chi connectivity index (χ3n) is 4.84. The SMILES string of the molecule is CN1CCN(C(=O)Cc2cccc(NC(=O)C3CCNC3)c2)CC1. The van der Waals surface area contributed by atoms with Crippen molar-refractivity contribution in [3.63, 3.8) is 0 Å². The molecular weight excluding hydrogens is 304 g/mol. The molecule has 0 saturated carbocycles. The Balaban J connectivity index is 1.56. The highest BCUT2D eigenvalue weighted by molar-refractivity contribution is 5.93. The number of nitrogens with zero attached hydrogens (tertiary/aromatic N) is 2. The van der Waals surface area contributed by atoms with Gasteiger partial charge in [0.2, 0.25) is 11.8 Å². The summed E-state index contributed by atoms with van der Waals surface area (Å²) in [5.41, 5.74) is 1.72. The predicted molar refractivity (Wildman–Crippen MR) is 93.8 cm³/mol. The fourth-order valence-electron chi connectivity index (χ4n) is 3.22. The molecule has 1 aromatic carbocycles. The molecule has 0 bridgehead atoms. The fraction of sp³-hybridized carbons (Fsp3) is 0.556. The average Bonchev–Trinajstić information content (AvgIpc) is 3.10. The molecular formula is C18H26N4O2. The lowest BCUT2D eigenvalue weighted by molar-refractivity contribution is -0.132. The molecule has 6 heteroatoms. The normalized spacial score (nSPS) is 21.7. The lowest BCUT2D eigenvalue weighted by Gasteiger charge is -2.32. The van der Waals surface area contributed by atoms with Crippen LogP contribution in [0.2, 0.25) is 0 Å². The first kappa shape index (κ1) is 16.9. The van der Waals surface area contributed by atoms with Crippen molar-refractivity contribution in [1.82, 2.24) is 15.1 Å². The van der Waals surface area contributed by atoms with Crippen LogP contribution in [0.25, 0.3) is 0 Å². The maximum atomic E-state index is 12.4. The second-order valence-electron chi connectivity index (χ2n) is 6.74. The van der Waals surface area contributed by atoms with E-state index in [4.69, 9.17) is 0 Å². The molecule has 130 valence electrons. The van der Waals surface area contributed by atoms with Gasteiger partial charge in [0.25, 0.3) is 0 Å². The van der Waals surface area contributed by atoms with Crippen molar-refractivity contribution in [3.05, 3.63) is 29.8 Å². The van der Waals surface area contributed by atoms with E-state index in [1.165, 1.54) is 0 Å². The van der Waals surface area contributed by atoms with Gasteiger partial charge in [0, 0.05) is 38.4 Å². The summed E-state index contributed by atoms with van der Waals surface area (Å²) in [4.78, 5) is 28.8. The number of benzene rings is 1. The van der Waals surface area contributed by atoms with Gasteiger partial charge in [0.05, 0.1) is 12.3 Å². The number of piperazine rings is 1. The van der Waals surface area contributed by atoms with Crippen LogP contribution < -0.4 is 10.6 Å². The molecule has 0 radical (unpaired) electrons. The largest absolute Gasteiger partial charge is 0.340 e. The van der Waals surface area contributed by atoms with Gasteiger partial charge in [-0.1, -0.05) is 12.1 Å². The van der Waals surface area contributed by atoms with E-state index < -0.39 is 0 Å². The van der Waals surface area contributed by atoms with E-state index >= 15 is 0 Å². The molecule has 2 N–H and O–H groups in total. The number of anilines is 1.